The molecule has 0 fully saturated rings. The molecule has 4 rings (SSSR count). The van der Waals surface area contributed by atoms with Crippen molar-refractivity contribution < 1.29 is 28.9 Å². The Balaban J connectivity index is 1.71. The Morgan fingerprint density at radius 1 is 1.00 bits per heavy atom. The Morgan fingerprint density at radius 2 is 1.73 bits per heavy atom. The zero-order valence-corrected chi connectivity index (χ0v) is 19.5. The molecule has 0 aromatic heterocycles. The largest absolute Gasteiger partial charge is 0.503 e. The third kappa shape index (κ3) is 4.37. The molecule has 0 bridgehead atoms. The summed E-state index contributed by atoms with van der Waals surface area (Å²) in [6.07, 6.45) is 0.950. The van der Waals surface area contributed by atoms with Gasteiger partial charge in [0.25, 0.3) is 0 Å². The van der Waals surface area contributed by atoms with E-state index >= 15 is 0 Å². The molecule has 0 unspecified atom stereocenters. The van der Waals surface area contributed by atoms with E-state index in [1.54, 1.807) is 33.3 Å². The van der Waals surface area contributed by atoms with Crippen LogP contribution in [-0.2, 0) is 9.59 Å². The highest BCUT2D eigenvalue weighted by molar-refractivity contribution is 6.32. The lowest BCUT2D eigenvalue weighted by molar-refractivity contribution is -0.122. The first kappa shape index (κ1) is 23.0. The molecule has 2 aliphatic rings. The zero-order chi connectivity index (χ0) is 23.7. The van der Waals surface area contributed by atoms with Crippen LogP contribution in [-0.4, -0.2) is 37.6 Å². The van der Waals surface area contributed by atoms with Crippen LogP contribution in [0.25, 0.3) is 0 Å². The Morgan fingerprint density at radius 3 is 2.42 bits per heavy atom. The second-order valence-corrected chi connectivity index (χ2v) is 8.53. The summed E-state index contributed by atoms with van der Waals surface area (Å²) >= 11 is 6.22. The van der Waals surface area contributed by atoms with Gasteiger partial charge in [0.15, 0.2) is 28.8 Å². The van der Waals surface area contributed by atoms with Crippen LogP contribution in [0.1, 0.15) is 49.1 Å². The van der Waals surface area contributed by atoms with E-state index in [-0.39, 0.29) is 40.6 Å². The summed E-state index contributed by atoms with van der Waals surface area (Å²) in [5.74, 6) is 0.547. The average molecular weight is 472 g/mol. The molecule has 33 heavy (non-hydrogen) atoms. The van der Waals surface area contributed by atoms with Gasteiger partial charge in [-0.15, -0.1) is 0 Å². The van der Waals surface area contributed by atoms with Crippen molar-refractivity contribution in [2.24, 2.45) is 0 Å². The molecule has 2 N–H and O–H groups in total. The molecule has 0 radical (unpaired) electrons. The van der Waals surface area contributed by atoms with E-state index in [9.17, 15) is 14.7 Å². The van der Waals surface area contributed by atoms with Gasteiger partial charge in [-0.1, -0.05) is 17.7 Å². The molecular weight excluding hydrogens is 446 g/mol. The number of hydrogen-bond donors (Lipinski definition) is 2. The van der Waals surface area contributed by atoms with Gasteiger partial charge in [0.1, 0.15) is 0 Å². The van der Waals surface area contributed by atoms with Gasteiger partial charge in [0, 0.05) is 30.0 Å². The number of hydrogen-bond acceptors (Lipinski definition) is 6. The number of ether oxygens (including phenoxy) is 3. The molecular formula is C25H26ClNO6. The summed E-state index contributed by atoms with van der Waals surface area (Å²) in [5, 5.41) is 13.2. The summed E-state index contributed by atoms with van der Waals surface area (Å²) in [6.45, 7) is 2.14. The van der Waals surface area contributed by atoms with Crippen molar-refractivity contribution in [3.8, 4) is 23.0 Å². The van der Waals surface area contributed by atoms with Crippen LogP contribution in [0.5, 0.6) is 23.0 Å². The van der Waals surface area contributed by atoms with Crippen LogP contribution in [0.3, 0.4) is 0 Å². The number of rotatable bonds is 6. The topological polar surface area (TPSA) is 94.1 Å². The number of Topliss-reactive ketones (excluding diaryl/α,β-unsaturated/α-hetero) is 1. The van der Waals surface area contributed by atoms with E-state index in [1.165, 1.54) is 0 Å². The quantitative estimate of drug-likeness (QED) is 0.645. The van der Waals surface area contributed by atoms with E-state index in [0.717, 1.165) is 5.56 Å². The minimum Gasteiger partial charge on any atom is -0.503 e. The molecule has 8 heteroatoms. The van der Waals surface area contributed by atoms with Crippen molar-refractivity contribution in [1.29, 1.82) is 0 Å². The lowest BCUT2D eigenvalue weighted by Crippen LogP contribution is -2.38. The minimum atomic E-state index is -0.454. The maximum absolute atomic E-state index is 13.4. The SMILES string of the molecule is CCOc1cc([C@H]2CC(=O)NC3=C2C(=O)C[C@H](c2ccc(OC)c(OC)c2)C3)cc(Cl)c1O. The second-order valence-electron chi connectivity index (χ2n) is 8.12. The Labute approximate surface area is 197 Å². The van der Waals surface area contributed by atoms with Crippen molar-refractivity contribution in [3.63, 3.8) is 0 Å². The number of ketones is 1. The van der Waals surface area contributed by atoms with Gasteiger partial charge in [-0.25, -0.2) is 0 Å². The lowest BCUT2D eigenvalue weighted by atomic mass is 9.73. The van der Waals surface area contributed by atoms with Gasteiger partial charge in [0.05, 0.1) is 25.8 Å². The van der Waals surface area contributed by atoms with Crippen molar-refractivity contribution in [3.05, 3.63) is 57.8 Å². The number of halogens is 1. The van der Waals surface area contributed by atoms with E-state index in [2.05, 4.69) is 5.32 Å². The number of allylic oxidation sites excluding steroid dienone is 2. The predicted molar refractivity (Wildman–Crippen MR) is 123 cm³/mol. The van der Waals surface area contributed by atoms with Crippen LogP contribution in [0.2, 0.25) is 5.02 Å². The van der Waals surface area contributed by atoms with Crippen molar-refractivity contribution in [2.45, 2.75) is 38.0 Å². The number of aromatic hydroxyl groups is 1. The Kier molecular flexibility index (Phi) is 6.51. The zero-order valence-electron chi connectivity index (χ0n) is 18.7. The van der Waals surface area contributed by atoms with Crippen molar-refractivity contribution >= 4 is 23.3 Å². The smallest absolute Gasteiger partial charge is 0.225 e. The summed E-state index contributed by atoms with van der Waals surface area (Å²) in [6, 6.07) is 8.87. The molecule has 7 nitrogen and oxygen atoms in total. The average Bonchev–Trinajstić information content (AvgIpc) is 2.80. The number of phenolic OH excluding ortho intramolecular Hbond substituents is 1. The molecule has 2 aromatic carbocycles. The number of methoxy groups -OCH3 is 2. The monoisotopic (exact) mass is 471 g/mol. The summed E-state index contributed by atoms with van der Waals surface area (Å²) in [5.41, 5.74) is 2.83. The molecule has 2 atom stereocenters. The molecule has 2 aromatic rings. The number of carbonyl (C=O) groups is 2. The molecule has 0 saturated heterocycles. The van der Waals surface area contributed by atoms with Gasteiger partial charge in [-0.3, -0.25) is 9.59 Å². The molecule has 174 valence electrons. The summed E-state index contributed by atoms with van der Waals surface area (Å²) in [4.78, 5) is 26.0. The van der Waals surface area contributed by atoms with Gasteiger partial charge < -0.3 is 24.6 Å². The lowest BCUT2D eigenvalue weighted by Gasteiger charge is -2.34. The third-order valence-electron chi connectivity index (χ3n) is 6.17. The summed E-state index contributed by atoms with van der Waals surface area (Å²) < 4.78 is 16.2. The highest BCUT2D eigenvalue weighted by Crippen LogP contribution is 2.46. The van der Waals surface area contributed by atoms with Gasteiger partial charge in [-0.2, -0.15) is 0 Å². The van der Waals surface area contributed by atoms with Crippen LogP contribution in [0, 0.1) is 0 Å². The normalized spacial score (nSPS) is 20.2. The van der Waals surface area contributed by atoms with Crippen LogP contribution in [0.4, 0.5) is 0 Å². The van der Waals surface area contributed by atoms with Gasteiger partial charge in [-0.05, 0) is 54.7 Å². The maximum atomic E-state index is 13.4. The fourth-order valence-corrected chi connectivity index (χ4v) is 4.87. The predicted octanol–water partition coefficient (Wildman–Crippen LogP) is 4.47. The molecule has 1 aliphatic heterocycles. The van der Waals surface area contributed by atoms with E-state index in [0.29, 0.717) is 47.8 Å². The first-order valence-electron chi connectivity index (χ1n) is 10.8. The number of nitrogens with one attached hydrogen (secondary N) is 1. The van der Waals surface area contributed by atoms with Crippen LogP contribution < -0.4 is 19.5 Å². The maximum Gasteiger partial charge on any atom is 0.225 e. The second kappa shape index (κ2) is 9.35. The Bertz CT molecular complexity index is 1140. The van der Waals surface area contributed by atoms with Crippen molar-refractivity contribution in [1.82, 2.24) is 5.32 Å². The number of amides is 1. The minimum absolute atomic E-state index is 0.0248. The number of carbonyl (C=O) groups excluding carboxylic acids is 2. The third-order valence-corrected chi connectivity index (χ3v) is 6.46. The van der Waals surface area contributed by atoms with E-state index in [4.69, 9.17) is 25.8 Å². The highest BCUT2D eigenvalue weighted by atomic mass is 35.5. The molecule has 0 saturated carbocycles. The first-order valence-corrected chi connectivity index (χ1v) is 11.2. The van der Waals surface area contributed by atoms with E-state index < -0.39 is 5.92 Å². The number of phenols is 1. The Hall–Kier alpha value is -3.19. The fourth-order valence-electron chi connectivity index (χ4n) is 4.65. The van der Waals surface area contributed by atoms with Crippen LogP contribution in [0.15, 0.2) is 41.6 Å². The fraction of sp³-hybridized carbons (Fsp3) is 0.360. The van der Waals surface area contributed by atoms with Crippen LogP contribution >= 0.6 is 11.6 Å². The van der Waals surface area contributed by atoms with Gasteiger partial charge in [0.2, 0.25) is 5.91 Å². The van der Waals surface area contributed by atoms with Crippen molar-refractivity contribution in [2.75, 3.05) is 20.8 Å². The molecule has 1 amide bonds. The van der Waals surface area contributed by atoms with Gasteiger partial charge >= 0.3 is 0 Å². The standard InChI is InChI=1S/C25H26ClNO6/c1-4-33-22-11-15(7-17(26)25(22)30)16-12-23(29)27-18-8-14(9-19(28)24(16)18)13-5-6-20(31-2)21(10-13)32-3/h5-7,10-11,14,16,30H,4,8-9,12H2,1-3H3,(H,27,29)/t14-,16-/m1/s1. The molecule has 1 aliphatic carbocycles. The summed E-state index contributed by atoms with van der Waals surface area (Å²) in [7, 11) is 3.14. The molecule has 1 heterocycles. The number of benzene rings is 2. The highest BCUT2D eigenvalue weighted by Gasteiger charge is 2.38. The first-order chi connectivity index (χ1) is 15.9. The van der Waals surface area contributed by atoms with E-state index in [1.807, 2.05) is 18.2 Å². The molecule has 0 spiro atoms.